The van der Waals surface area contributed by atoms with E-state index in [1.807, 2.05) is 0 Å². The Kier molecular flexibility index (Phi) is 4.11. The third-order valence-electron chi connectivity index (χ3n) is 4.48. The molecule has 0 fully saturated rings. The number of hydrogen-bond donors (Lipinski definition) is 3. The molecule has 2 atom stereocenters. The van der Waals surface area contributed by atoms with Crippen molar-refractivity contribution >= 4 is 54.1 Å². The van der Waals surface area contributed by atoms with Gasteiger partial charge in [0.1, 0.15) is 17.7 Å². The quantitative estimate of drug-likeness (QED) is 0.592. The Bertz CT molecular complexity index is 852. The van der Waals surface area contributed by atoms with Crippen LogP contribution in [-0.4, -0.2) is 19.5 Å². The molecule has 0 saturated carbocycles. The van der Waals surface area contributed by atoms with Crippen LogP contribution in [0.4, 0.5) is 5.00 Å². The molecule has 24 heavy (non-hydrogen) atoms. The van der Waals surface area contributed by atoms with Gasteiger partial charge in [-0.2, -0.15) is 0 Å². The number of thiophene rings is 1. The topological polar surface area (TPSA) is 68.6 Å². The zero-order valence-corrected chi connectivity index (χ0v) is 16.8. The lowest BCUT2D eigenvalue weighted by Gasteiger charge is -2.30. The molecule has 4 rings (SSSR count). The van der Waals surface area contributed by atoms with Crippen LogP contribution in [0.2, 0.25) is 0 Å². The van der Waals surface area contributed by atoms with Crippen LogP contribution in [0.15, 0.2) is 21.1 Å². The molecule has 0 aliphatic carbocycles. The van der Waals surface area contributed by atoms with E-state index in [0.29, 0.717) is 10.0 Å². The lowest BCUT2D eigenvalue weighted by molar-refractivity contribution is -0.895. The summed E-state index contributed by atoms with van der Waals surface area (Å²) < 4.78 is 1.27. The molecule has 0 saturated heterocycles. The summed E-state index contributed by atoms with van der Waals surface area (Å²) in [5.74, 6) is -0.216. The largest absolute Gasteiger partial charge is 0.871 e. The van der Waals surface area contributed by atoms with Crippen molar-refractivity contribution in [3.8, 4) is 5.75 Å². The lowest BCUT2D eigenvalue weighted by atomic mass is 10.0. The first-order valence-corrected chi connectivity index (χ1v) is 10.0. The van der Waals surface area contributed by atoms with Gasteiger partial charge in [-0.15, -0.1) is 11.3 Å². The number of nitrogens with one attached hydrogen (secondary N) is 3. The van der Waals surface area contributed by atoms with Gasteiger partial charge in [0.2, 0.25) is 0 Å². The Morgan fingerprint density at radius 1 is 1.33 bits per heavy atom. The highest BCUT2D eigenvalue weighted by atomic mass is 79.9. The molecule has 126 valence electrons. The van der Waals surface area contributed by atoms with Crippen molar-refractivity contribution in [2.45, 2.75) is 19.1 Å². The summed E-state index contributed by atoms with van der Waals surface area (Å²) in [4.78, 5) is 15.4. The van der Waals surface area contributed by atoms with E-state index in [2.05, 4.69) is 49.5 Å². The molecular weight excluding hydrogens is 458 g/mol. The van der Waals surface area contributed by atoms with Gasteiger partial charge in [-0.05, 0) is 23.3 Å². The number of likely N-dealkylation sites (N-methyl/N-ethyl adjacent to an activating group) is 1. The molecule has 0 spiro atoms. The second-order valence-electron chi connectivity index (χ2n) is 6.20. The number of rotatable bonds is 1. The second kappa shape index (κ2) is 6.01. The van der Waals surface area contributed by atoms with E-state index in [0.717, 1.165) is 34.5 Å². The summed E-state index contributed by atoms with van der Waals surface area (Å²) in [6.07, 6.45) is 0.402. The maximum Gasteiger partial charge on any atom is 0.256 e. The number of hydrogen-bond acceptors (Lipinski definition) is 4. The highest BCUT2D eigenvalue weighted by Gasteiger charge is 2.34. The average molecular weight is 473 g/mol. The van der Waals surface area contributed by atoms with Crippen molar-refractivity contribution in [3.63, 3.8) is 0 Å². The van der Waals surface area contributed by atoms with E-state index in [9.17, 15) is 9.90 Å². The van der Waals surface area contributed by atoms with Crippen molar-refractivity contribution < 1.29 is 14.8 Å². The smallest absolute Gasteiger partial charge is 0.256 e. The normalized spacial score (nSPS) is 22.4. The van der Waals surface area contributed by atoms with Crippen molar-refractivity contribution in [1.82, 2.24) is 5.32 Å². The highest BCUT2D eigenvalue weighted by molar-refractivity contribution is 9.11. The van der Waals surface area contributed by atoms with Crippen LogP contribution in [0.25, 0.3) is 0 Å². The van der Waals surface area contributed by atoms with Crippen molar-refractivity contribution in [3.05, 3.63) is 42.6 Å². The third-order valence-corrected chi connectivity index (χ3v) is 6.69. The van der Waals surface area contributed by atoms with Crippen LogP contribution >= 0.6 is 43.2 Å². The van der Waals surface area contributed by atoms with Gasteiger partial charge >= 0.3 is 0 Å². The molecular formula is C16H15Br2N3O2S. The van der Waals surface area contributed by atoms with Gasteiger partial charge in [0.25, 0.3) is 5.91 Å². The van der Waals surface area contributed by atoms with Crippen molar-refractivity contribution in [2.24, 2.45) is 0 Å². The summed E-state index contributed by atoms with van der Waals surface area (Å²) in [6.45, 7) is 1.98. The highest BCUT2D eigenvalue weighted by Crippen LogP contribution is 2.41. The fraction of sp³-hybridized carbons (Fsp3) is 0.312. The number of benzene rings is 1. The van der Waals surface area contributed by atoms with Crippen LogP contribution in [0, 0.1) is 0 Å². The first-order chi connectivity index (χ1) is 11.4. The number of fused-ring (bicyclic) bond motifs is 3. The van der Waals surface area contributed by atoms with Crippen LogP contribution in [-0.2, 0) is 13.0 Å². The number of amides is 1. The first kappa shape index (κ1) is 16.4. The summed E-state index contributed by atoms with van der Waals surface area (Å²) >= 11 is 8.32. The number of quaternary nitrogens is 1. The SMILES string of the molecule is C[NH+]1CCc2c(sc3c2C(=O)N[C@@H](c2cc(Br)cc(Br)c2[O-])N3)C1. The summed E-state index contributed by atoms with van der Waals surface area (Å²) in [7, 11) is 2.17. The van der Waals surface area contributed by atoms with Gasteiger partial charge < -0.3 is 20.6 Å². The molecule has 1 aromatic heterocycles. The monoisotopic (exact) mass is 471 g/mol. The summed E-state index contributed by atoms with van der Waals surface area (Å²) in [5.41, 5.74) is 2.45. The Labute approximate surface area is 160 Å². The van der Waals surface area contributed by atoms with Gasteiger partial charge in [0.15, 0.2) is 0 Å². The number of carbonyl (C=O) groups is 1. The molecule has 2 aromatic rings. The van der Waals surface area contributed by atoms with E-state index in [4.69, 9.17) is 0 Å². The lowest BCUT2D eigenvalue weighted by Crippen LogP contribution is -3.08. The fourth-order valence-corrected chi connectivity index (χ4v) is 5.93. The van der Waals surface area contributed by atoms with Gasteiger partial charge in [0.05, 0.1) is 24.0 Å². The number of anilines is 1. The Balaban J connectivity index is 1.74. The minimum absolute atomic E-state index is 0.0960. The Morgan fingerprint density at radius 2 is 2.12 bits per heavy atom. The van der Waals surface area contributed by atoms with Crippen LogP contribution < -0.4 is 20.6 Å². The predicted molar refractivity (Wildman–Crippen MR) is 98.6 cm³/mol. The molecule has 8 heteroatoms. The third kappa shape index (κ3) is 2.65. The molecule has 3 heterocycles. The van der Waals surface area contributed by atoms with E-state index >= 15 is 0 Å². The molecule has 1 amide bonds. The molecule has 3 N–H and O–H groups in total. The van der Waals surface area contributed by atoms with Crippen molar-refractivity contribution in [1.29, 1.82) is 0 Å². The number of halogens is 2. The molecule has 1 unspecified atom stereocenters. The first-order valence-electron chi connectivity index (χ1n) is 7.63. The molecule has 0 bridgehead atoms. The molecule has 2 aliphatic heterocycles. The maximum absolute atomic E-state index is 12.7. The van der Waals surface area contributed by atoms with E-state index in [-0.39, 0.29) is 11.7 Å². The van der Waals surface area contributed by atoms with E-state index < -0.39 is 6.17 Å². The second-order valence-corrected chi connectivity index (χ2v) is 9.07. The van der Waals surface area contributed by atoms with Gasteiger partial charge in [-0.1, -0.05) is 37.6 Å². The Morgan fingerprint density at radius 3 is 2.92 bits per heavy atom. The summed E-state index contributed by atoms with van der Waals surface area (Å²) in [6, 6.07) is 3.46. The Hall–Kier alpha value is -1.09. The van der Waals surface area contributed by atoms with Crippen molar-refractivity contribution in [2.75, 3.05) is 18.9 Å². The van der Waals surface area contributed by atoms with Gasteiger partial charge in [-0.3, -0.25) is 4.79 Å². The van der Waals surface area contributed by atoms with Gasteiger partial charge in [0, 0.05) is 15.4 Å². The van der Waals surface area contributed by atoms with Crippen LogP contribution in [0.3, 0.4) is 0 Å². The molecule has 5 nitrogen and oxygen atoms in total. The zero-order chi connectivity index (χ0) is 17.0. The zero-order valence-electron chi connectivity index (χ0n) is 12.8. The van der Waals surface area contributed by atoms with Crippen LogP contribution in [0.5, 0.6) is 5.75 Å². The van der Waals surface area contributed by atoms with E-state index in [1.54, 1.807) is 23.5 Å². The molecule has 0 radical (unpaired) electrons. The summed E-state index contributed by atoms with van der Waals surface area (Å²) in [5, 5.41) is 19.6. The van der Waals surface area contributed by atoms with Gasteiger partial charge in [-0.25, -0.2) is 0 Å². The van der Waals surface area contributed by atoms with Crippen LogP contribution in [0.1, 0.15) is 32.5 Å². The minimum Gasteiger partial charge on any atom is -0.871 e. The number of carbonyl (C=O) groups excluding carboxylic acids is 1. The predicted octanol–water partition coefficient (Wildman–Crippen LogP) is 1.77. The van der Waals surface area contributed by atoms with E-state index in [1.165, 1.54) is 15.3 Å². The fourth-order valence-electron chi connectivity index (χ4n) is 3.28. The standard InChI is InChI=1S/C16H15Br2N3O2S/c1-21-3-2-8-11(6-21)24-16-12(8)15(23)19-14(20-16)9-4-7(17)5-10(18)13(9)22/h4-5,14,20,22H,2-3,6H2,1H3,(H,19,23)/t14-/m1/s1. The molecule has 1 aromatic carbocycles. The minimum atomic E-state index is -0.517. The average Bonchev–Trinajstić information content (AvgIpc) is 2.88. The molecule has 2 aliphatic rings. The maximum atomic E-state index is 12.7.